The standard InChI is InChI=1S/C18H19BrClNO/c1-11(2)17(13-4-6-14(20)7-5-13)18(22)21-15-8-9-16(19)12(3)10-15/h4-11,17H,1-3H3,(H,21,22)/t17-/m1/s1. The molecular formula is C18H19BrClNO. The Kier molecular flexibility index (Phi) is 5.65. The van der Waals surface area contributed by atoms with Crippen LogP contribution in [-0.2, 0) is 4.79 Å². The summed E-state index contributed by atoms with van der Waals surface area (Å²) in [5, 5.41) is 3.69. The van der Waals surface area contributed by atoms with E-state index in [1.165, 1.54) is 0 Å². The summed E-state index contributed by atoms with van der Waals surface area (Å²) in [4.78, 5) is 12.7. The second-order valence-corrected chi connectivity index (χ2v) is 7.02. The van der Waals surface area contributed by atoms with E-state index in [1.807, 2.05) is 63.2 Å². The van der Waals surface area contributed by atoms with Gasteiger partial charge >= 0.3 is 0 Å². The van der Waals surface area contributed by atoms with Gasteiger partial charge in [-0.15, -0.1) is 0 Å². The quantitative estimate of drug-likeness (QED) is 0.714. The monoisotopic (exact) mass is 379 g/mol. The van der Waals surface area contributed by atoms with Crippen molar-refractivity contribution in [1.29, 1.82) is 0 Å². The number of aryl methyl sites for hydroxylation is 1. The minimum Gasteiger partial charge on any atom is -0.326 e. The minimum atomic E-state index is -0.207. The average molecular weight is 381 g/mol. The Bertz CT molecular complexity index is 667. The Morgan fingerprint density at radius 2 is 1.77 bits per heavy atom. The van der Waals surface area contributed by atoms with Gasteiger partial charge in [0.05, 0.1) is 5.92 Å². The van der Waals surface area contributed by atoms with Crippen LogP contribution in [0.4, 0.5) is 5.69 Å². The van der Waals surface area contributed by atoms with Crippen LogP contribution in [0.5, 0.6) is 0 Å². The van der Waals surface area contributed by atoms with Gasteiger partial charge in [0.15, 0.2) is 0 Å². The SMILES string of the molecule is Cc1cc(NC(=O)[C@@H](c2ccc(Cl)cc2)C(C)C)ccc1Br. The molecule has 2 rings (SSSR count). The smallest absolute Gasteiger partial charge is 0.232 e. The molecule has 1 atom stereocenters. The molecule has 116 valence electrons. The van der Waals surface area contributed by atoms with Gasteiger partial charge in [-0.25, -0.2) is 0 Å². The number of rotatable bonds is 4. The number of hydrogen-bond acceptors (Lipinski definition) is 1. The summed E-state index contributed by atoms with van der Waals surface area (Å²) in [6, 6.07) is 13.3. The number of nitrogens with one attached hydrogen (secondary N) is 1. The first-order valence-corrected chi connectivity index (χ1v) is 8.38. The summed E-state index contributed by atoms with van der Waals surface area (Å²) in [5.41, 5.74) is 2.88. The lowest BCUT2D eigenvalue weighted by molar-refractivity contribution is -0.118. The molecule has 1 N–H and O–H groups in total. The van der Waals surface area contributed by atoms with Gasteiger partial charge in [0.2, 0.25) is 5.91 Å². The molecule has 0 aliphatic heterocycles. The van der Waals surface area contributed by atoms with Crippen LogP contribution in [-0.4, -0.2) is 5.91 Å². The van der Waals surface area contributed by atoms with E-state index in [9.17, 15) is 4.79 Å². The predicted molar refractivity (Wildman–Crippen MR) is 96.5 cm³/mol. The lowest BCUT2D eigenvalue weighted by atomic mass is 9.87. The second-order valence-electron chi connectivity index (χ2n) is 5.73. The fraction of sp³-hybridized carbons (Fsp3) is 0.278. The molecule has 0 heterocycles. The third-order valence-electron chi connectivity index (χ3n) is 3.60. The molecular weight excluding hydrogens is 362 g/mol. The third-order valence-corrected chi connectivity index (χ3v) is 4.75. The maximum Gasteiger partial charge on any atom is 0.232 e. The van der Waals surface area contributed by atoms with Crippen LogP contribution in [0.25, 0.3) is 0 Å². The van der Waals surface area contributed by atoms with Crippen molar-refractivity contribution in [2.24, 2.45) is 5.92 Å². The lowest BCUT2D eigenvalue weighted by Crippen LogP contribution is -2.25. The van der Waals surface area contributed by atoms with Crippen LogP contribution >= 0.6 is 27.5 Å². The van der Waals surface area contributed by atoms with Crippen molar-refractivity contribution in [2.45, 2.75) is 26.7 Å². The van der Waals surface area contributed by atoms with Gasteiger partial charge in [0.25, 0.3) is 0 Å². The van der Waals surface area contributed by atoms with Crippen molar-refractivity contribution in [2.75, 3.05) is 5.32 Å². The highest BCUT2D eigenvalue weighted by Crippen LogP contribution is 2.28. The van der Waals surface area contributed by atoms with Crippen molar-refractivity contribution < 1.29 is 4.79 Å². The fourth-order valence-corrected chi connectivity index (χ4v) is 2.82. The van der Waals surface area contributed by atoms with E-state index in [0.29, 0.717) is 5.02 Å². The number of carbonyl (C=O) groups excluding carboxylic acids is 1. The molecule has 0 fully saturated rings. The van der Waals surface area contributed by atoms with Crippen molar-refractivity contribution in [3.05, 3.63) is 63.1 Å². The molecule has 2 aromatic carbocycles. The molecule has 0 aliphatic carbocycles. The molecule has 2 aromatic rings. The molecule has 0 saturated heterocycles. The largest absolute Gasteiger partial charge is 0.326 e. The maximum absolute atomic E-state index is 12.7. The summed E-state index contributed by atoms with van der Waals surface area (Å²) >= 11 is 9.40. The number of carbonyl (C=O) groups is 1. The molecule has 22 heavy (non-hydrogen) atoms. The molecule has 0 saturated carbocycles. The normalized spacial score (nSPS) is 12.3. The van der Waals surface area contributed by atoms with Crippen LogP contribution in [0.1, 0.15) is 30.9 Å². The molecule has 1 amide bonds. The molecule has 0 spiro atoms. The van der Waals surface area contributed by atoms with E-state index < -0.39 is 0 Å². The second kappa shape index (κ2) is 7.30. The zero-order chi connectivity index (χ0) is 16.3. The first-order valence-electron chi connectivity index (χ1n) is 7.21. The first-order chi connectivity index (χ1) is 10.4. The molecule has 4 heteroatoms. The molecule has 0 unspecified atom stereocenters. The Balaban J connectivity index is 2.23. The summed E-state index contributed by atoms with van der Waals surface area (Å²) < 4.78 is 1.03. The highest BCUT2D eigenvalue weighted by Gasteiger charge is 2.24. The van der Waals surface area contributed by atoms with Crippen LogP contribution in [0.3, 0.4) is 0 Å². The third kappa shape index (κ3) is 4.11. The van der Waals surface area contributed by atoms with Crippen molar-refractivity contribution in [3.63, 3.8) is 0 Å². The van der Waals surface area contributed by atoms with Crippen molar-refractivity contribution >= 4 is 39.1 Å². The van der Waals surface area contributed by atoms with Gasteiger partial charge < -0.3 is 5.32 Å². The van der Waals surface area contributed by atoms with Crippen LogP contribution < -0.4 is 5.32 Å². The fourth-order valence-electron chi connectivity index (χ4n) is 2.45. The summed E-state index contributed by atoms with van der Waals surface area (Å²) in [7, 11) is 0. The summed E-state index contributed by atoms with van der Waals surface area (Å²) in [5.74, 6) is -0.0158. The lowest BCUT2D eigenvalue weighted by Gasteiger charge is -2.21. The average Bonchev–Trinajstić information content (AvgIpc) is 2.45. The van der Waals surface area contributed by atoms with Crippen LogP contribution in [0, 0.1) is 12.8 Å². The predicted octanol–water partition coefficient (Wildman–Crippen LogP) is 5.79. The topological polar surface area (TPSA) is 29.1 Å². The van der Waals surface area contributed by atoms with E-state index in [1.54, 1.807) is 0 Å². The zero-order valence-electron chi connectivity index (χ0n) is 12.9. The van der Waals surface area contributed by atoms with Crippen LogP contribution in [0.15, 0.2) is 46.9 Å². The van der Waals surface area contributed by atoms with Crippen LogP contribution in [0.2, 0.25) is 5.02 Å². The van der Waals surface area contributed by atoms with Gasteiger partial charge in [-0.3, -0.25) is 4.79 Å². The van der Waals surface area contributed by atoms with Crippen molar-refractivity contribution in [1.82, 2.24) is 0 Å². The molecule has 2 nitrogen and oxygen atoms in total. The summed E-state index contributed by atoms with van der Waals surface area (Å²) in [6.45, 7) is 6.09. The summed E-state index contributed by atoms with van der Waals surface area (Å²) in [6.07, 6.45) is 0. The Morgan fingerprint density at radius 1 is 1.14 bits per heavy atom. The van der Waals surface area contributed by atoms with Gasteiger partial charge in [0.1, 0.15) is 0 Å². The molecule has 0 radical (unpaired) electrons. The zero-order valence-corrected chi connectivity index (χ0v) is 15.2. The first kappa shape index (κ1) is 17.0. The van der Waals surface area contributed by atoms with Crippen molar-refractivity contribution in [3.8, 4) is 0 Å². The van der Waals surface area contributed by atoms with E-state index in [4.69, 9.17) is 11.6 Å². The van der Waals surface area contributed by atoms with Gasteiger partial charge in [0, 0.05) is 15.2 Å². The Morgan fingerprint density at radius 3 is 2.32 bits per heavy atom. The van der Waals surface area contributed by atoms with E-state index in [2.05, 4.69) is 21.2 Å². The van der Waals surface area contributed by atoms with E-state index >= 15 is 0 Å². The molecule has 0 aliphatic rings. The van der Waals surface area contributed by atoms with E-state index in [0.717, 1.165) is 21.3 Å². The van der Waals surface area contributed by atoms with Gasteiger partial charge in [-0.05, 0) is 54.3 Å². The highest BCUT2D eigenvalue weighted by atomic mass is 79.9. The highest BCUT2D eigenvalue weighted by molar-refractivity contribution is 9.10. The number of anilines is 1. The maximum atomic E-state index is 12.7. The minimum absolute atomic E-state index is 0.000884. The van der Waals surface area contributed by atoms with E-state index in [-0.39, 0.29) is 17.7 Å². The number of amides is 1. The van der Waals surface area contributed by atoms with Gasteiger partial charge in [-0.2, -0.15) is 0 Å². The number of benzene rings is 2. The molecule has 0 bridgehead atoms. The Hall–Kier alpha value is -1.32. The molecule has 0 aromatic heterocycles. The number of hydrogen-bond donors (Lipinski definition) is 1. The Labute approximate surface area is 145 Å². The van der Waals surface area contributed by atoms with Gasteiger partial charge in [-0.1, -0.05) is 53.5 Å². The number of halogens is 2.